The summed E-state index contributed by atoms with van der Waals surface area (Å²) in [4.78, 5) is 2.57. The molecule has 1 aromatic rings. The van der Waals surface area contributed by atoms with E-state index in [1.54, 1.807) is 0 Å². The summed E-state index contributed by atoms with van der Waals surface area (Å²) in [6.07, 6.45) is 5.39. The van der Waals surface area contributed by atoms with Crippen LogP contribution in [-0.4, -0.2) is 18.6 Å². The van der Waals surface area contributed by atoms with E-state index in [4.69, 9.17) is 11.6 Å². The van der Waals surface area contributed by atoms with Gasteiger partial charge in [0.15, 0.2) is 0 Å². The van der Waals surface area contributed by atoms with Gasteiger partial charge in [0, 0.05) is 35.9 Å². The van der Waals surface area contributed by atoms with Crippen molar-refractivity contribution in [1.29, 1.82) is 0 Å². The SMILES string of the molecule is CCN(c1ccc(Cl)cc1CNC(C)C)C1CCCC1. The molecule has 0 aromatic heterocycles. The van der Waals surface area contributed by atoms with Crippen molar-refractivity contribution in [2.75, 3.05) is 11.4 Å². The van der Waals surface area contributed by atoms with Crippen molar-refractivity contribution < 1.29 is 0 Å². The zero-order valence-corrected chi connectivity index (χ0v) is 13.7. The summed E-state index contributed by atoms with van der Waals surface area (Å²) in [6.45, 7) is 8.57. The van der Waals surface area contributed by atoms with E-state index in [0.717, 1.165) is 18.1 Å². The summed E-state index contributed by atoms with van der Waals surface area (Å²) in [6, 6.07) is 7.53. The van der Waals surface area contributed by atoms with E-state index in [1.165, 1.54) is 36.9 Å². The molecule has 112 valence electrons. The number of halogens is 1. The third kappa shape index (κ3) is 3.89. The zero-order valence-electron chi connectivity index (χ0n) is 13.0. The monoisotopic (exact) mass is 294 g/mol. The Morgan fingerprint density at radius 3 is 2.60 bits per heavy atom. The maximum Gasteiger partial charge on any atom is 0.0415 e. The molecule has 0 atom stereocenters. The van der Waals surface area contributed by atoms with Gasteiger partial charge in [0.1, 0.15) is 0 Å². The largest absolute Gasteiger partial charge is 0.369 e. The predicted molar refractivity (Wildman–Crippen MR) is 88.7 cm³/mol. The van der Waals surface area contributed by atoms with Crippen LogP contribution in [-0.2, 0) is 6.54 Å². The molecule has 0 spiro atoms. The third-order valence-corrected chi connectivity index (χ3v) is 4.39. The molecule has 0 amide bonds. The minimum atomic E-state index is 0.489. The molecule has 0 saturated heterocycles. The minimum absolute atomic E-state index is 0.489. The van der Waals surface area contributed by atoms with E-state index >= 15 is 0 Å². The summed E-state index contributed by atoms with van der Waals surface area (Å²) >= 11 is 6.19. The van der Waals surface area contributed by atoms with Gasteiger partial charge in [-0.3, -0.25) is 0 Å². The third-order valence-electron chi connectivity index (χ3n) is 4.16. The van der Waals surface area contributed by atoms with E-state index in [0.29, 0.717) is 12.1 Å². The first-order chi connectivity index (χ1) is 9.61. The lowest BCUT2D eigenvalue weighted by Gasteiger charge is -2.32. The van der Waals surface area contributed by atoms with Crippen LogP contribution in [0.5, 0.6) is 0 Å². The second kappa shape index (κ2) is 7.33. The van der Waals surface area contributed by atoms with E-state index < -0.39 is 0 Å². The van der Waals surface area contributed by atoms with Gasteiger partial charge in [-0.25, -0.2) is 0 Å². The number of rotatable bonds is 6. The van der Waals surface area contributed by atoms with Crippen molar-refractivity contribution in [3.8, 4) is 0 Å². The highest BCUT2D eigenvalue weighted by Gasteiger charge is 2.23. The first-order valence-corrected chi connectivity index (χ1v) is 8.28. The molecule has 0 unspecified atom stereocenters. The molecule has 20 heavy (non-hydrogen) atoms. The quantitative estimate of drug-likeness (QED) is 0.824. The lowest BCUT2D eigenvalue weighted by Crippen LogP contribution is -2.34. The summed E-state index contributed by atoms with van der Waals surface area (Å²) in [5, 5.41) is 4.34. The van der Waals surface area contributed by atoms with Gasteiger partial charge in [0.25, 0.3) is 0 Å². The van der Waals surface area contributed by atoms with Gasteiger partial charge in [-0.2, -0.15) is 0 Å². The van der Waals surface area contributed by atoms with Gasteiger partial charge >= 0.3 is 0 Å². The average Bonchev–Trinajstić information content (AvgIpc) is 2.93. The lowest BCUT2D eigenvalue weighted by molar-refractivity contribution is 0.580. The number of benzene rings is 1. The van der Waals surface area contributed by atoms with Crippen LogP contribution in [0.15, 0.2) is 18.2 Å². The molecule has 1 N–H and O–H groups in total. The van der Waals surface area contributed by atoms with Gasteiger partial charge in [-0.05, 0) is 43.5 Å². The molecule has 0 aliphatic heterocycles. The van der Waals surface area contributed by atoms with Crippen molar-refractivity contribution in [1.82, 2.24) is 5.32 Å². The zero-order chi connectivity index (χ0) is 14.5. The molecule has 1 fully saturated rings. The molecule has 0 bridgehead atoms. The van der Waals surface area contributed by atoms with Crippen molar-refractivity contribution >= 4 is 17.3 Å². The Labute approximate surface area is 128 Å². The van der Waals surface area contributed by atoms with Crippen molar-refractivity contribution in [3.63, 3.8) is 0 Å². The minimum Gasteiger partial charge on any atom is -0.369 e. The maximum atomic E-state index is 6.19. The Morgan fingerprint density at radius 1 is 1.30 bits per heavy atom. The number of hydrogen-bond acceptors (Lipinski definition) is 2. The molecular formula is C17H27ClN2. The molecule has 0 heterocycles. The molecule has 1 saturated carbocycles. The molecule has 2 nitrogen and oxygen atoms in total. The van der Waals surface area contributed by atoms with Gasteiger partial charge in [-0.1, -0.05) is 38.3 Å². The van der Waals surface area contributed by atoms with Crippen LogP contribution in [0.2, 0.25) is 5.02 Å². The normalized spacial score (nSPS) is 16.1. The van der Waals surface area contributed by atoms with Crippen LogP contribution in [0.1, 0.15) is 52.0 Å². The summed E-state index contributed by atoms with van der Waals surface area (Å²) in [5.41, 5.74) is 2.68. The summed E-state index contributed by atoms with van der Waals surface area (Å²) < 4.78 is 0. The maximum absolute atomic E-state index is 6.19. The Kier molecular flexibility index (Phi) is 5.74. The van der Waals surface area contributed by atoms with E-state index in [2.05, 4.69) is 43.1 Å². The Balaban J connectivity index is 2.23. The fourth-order valence-electron chi connectivity index (χ4n) is 3.13. The summed E-state index contributed by atoms with van der Waals surface area (Å²) in [7, 11) is 0. The smallest absolute Gasteiger partial charge is 0.0415 e. The van der Waals surface area contributed by atoms with Gasteiger partial charge in [0.2, 0.25) is 0 Å². The lowest BCUT2D eigenvalue weighted by atomic mass is 10.1. The molecule has 2 rings (SSSR count). The first kappa shape index (κ1) is 15.7. The second-order valence-corrected chi connectivity index (χ2v) is 6.47. The highest BCUT2D eigenvalue weighted by Crippen LogP contribution is 2.31. The van der Waals surface area contributed by atoms with Crippen molar-refractivity contribution in [3.05, 3.63) is 28.8 Å². The Hall–Kier alpha value is -0.730. The molecule has 1 aromatic carbocycles. The second-order valence-electron chi connectivity index (χ2n) is 6.03. The highest BCUT2D eigenvalue weighted by molar-refractivity contribution is 6.30. The molecule has 3 heteroatoms. The van der Waals surface area contributed by atoms with Crippen LogP contribution in [0.4, 0.5) is 5.69 Å². The Morgan fingerprint density at radius 2 is 2.00 bits per heavy atom. The van der Waals surface area contributed by atoms with E-state index in [-0.39, 0.29) is 0 Å². The predicted octanol–water partition coefficient (Wildman–Crippen LogP) is 4.61. The van der Waals surface area contributed by atoms with Gasteiger partial charge in [-0.15, -0.1) is 0 Å². The molecule has 1 aliphatic carbocycles. The fraction of sp³-hybridized carbons (Fsp3) is 0.647. The Bertz CT molecular complexity index is 425. The van der Waals surface area contributed by atoms with Crippen LogP contribution in [0.3, 0.4) is 0 Å². The summed E-state index contributed by atoms with van der Waals surface area (Å²) in [5.74, 6) is 0. The van der Waals surface area contributed by atoms with Gasteiger partial charge in [0.05, 0.1) is 0 Å². The van der Waals surface area contributed by atoms with Crippen LogP contribution in [0.25, 0.3) is 0 Å². The molecular weight excluding hydrogens is 268 g/mol. The number of nitrogens with one attached hydrogen (secondary N) is 1. The standard InChI is InChI=1S/C17H27ClN2/c1-4-20(16-7-5-6-8-16)17-10-9-15(18)11-14(17)12-19-13(2)3/h9-11,13,16,19H,4-8,12H2,1-3H3. The number of hydrogen-bond donors (Lipinski definition) is 1. The van der Waals surface area contributed by atoms with E-state index in [9.17, 15) is 0 Å². The number of anilines is 1. The van der Waals surface area contributed by atoms with Crippen LogP contribution in [0, 0.1) is 0 Å². The van der Waals surface area contributed by atoms with Crippen molar-refractivity contribution in [2.45, 2.75) is 65.1 Å². The van der Waals surface area contributed by atoms with E-state index in [1.807, 2.05) is 6.07 Å². The molecule has 1 aliphatic rings. The van der Waals surface area contributed by atoms with Crippen molar-refractivity contribution in [2.24, 2.45) is 0 Å². The average molecular weight is 295 g/mol. The topological polar surface area (TPSA) is 15.3 Å². The highest BCUT2D eigenvalue weighted by atomic mass is 35.5. The number of nitrogens with zero attached hydrogens (tertiary/aromatic N) is 1. The van der Waals surface area contributed by atoms with Crippen LogP contribution >= 0.6 is 11.6 Å². The first-order valence-electron chi connectivity index (χ1n) is 7.90. The van der Waals surface area contributed by atoms with Crippen LogP contribution < -0.4 is 10.2 Å². The van der Waals surface area contributed by atoms with Gasteiger partial charge < -0.3 is 10.2 Å². The molecule has 0 radical (unpaired) electrons. The fourth-order valence-corrected chi connectivity index (χ4v) is 3.33.